The Morgan fingerprint density at radius 1 is 1.42 bits per heavy atom. The van der Waals surface area contributed by atoms with Gasteiger partial charge in [-0.15, -0.1) is 0 Å². The molecule has 0 atom stereocenters. The predicted molar refractivity (Wildman–Crippen MR) is 69.3 cm³/mol. The summed E-state index contributed by atoms with van der Waals surface area (Å²) >= 11 is 0. The Labute approximate surface area is 111 Å². The summed E-state index contributed by atoms with van der Waals surface area (Å²) in [5.74, 6) is 0.361. The number of amides is 1. The molecule has 1 amide bonds. The van der Waals surface area contributed by atoms with E-state index in [2.05, 4.69) is 0 Å². The molecule has 0 aromatic heterocycles. The van der Waals surface area contributed by atoms with Crippen LogP contribution in [0.2, 0.25) is 0 Å². The number of hydrogen-bond acceptors (Lipinski definition) is 4. The van der Waals surface area contributed by atoms with Crippen LogP contribution >= 0.6 is 0 Å². The van der Waals surface area contributed by atoms with Crippen LogP contribution in [0.5, 0.6) is 5.75 Å². The maximum absolute atomic E-state index is 11.7. The molecule has 2 rings (SSSR count). The SMILES string of the molecule is Cc1ccc([N+](=O)[O-])c(C)c1OCC(=O)N1CCC1. The minimum Gasteiger partial charge on any atom is -0.483 e. The molecule has 1 saturated heterocycles. The van der Waals surface area contributed by atoms with E-state index in [1.807, 2.05) is 0 Å². The molecule has 0 unspecified atom stereocenters. The van der Waals surface area contributed by atoms with Crippen molar-refractivity contribution in [3.05, 3.63) is 33.4 Å². The van der Waals surface area contributed by atoms with Gasteiger partial charge < -0.3 is 9.64 Å². The van der Waals surface area contributed by atoms with E-state index < -0.39 is 4.92 Å². The average Bonchev–Trinajstić information content (AvgIpc) is 2.25. The van der Waals surface area contributed by atoms with Crippen molar-refractivity contribution in [2.24, 2.45) is 0 Å². The molecule has 1 aliphatic heterocycles. The highest BCUT2D eigenvalue weighted by Gasteiger charge is 2.22. The molecule has 1 fully saturated rings. The van der Waals surface area contributed by atoms with Crippen LogP contribution in [-0.4, -0.2) is 35.4 Å². The lowest BCUT2D eigenvalue weighted by molar-refractivity contribution is -0.385. The van der Waals surface area contributed by atoms with E-state index in [4.69, 9.17) is 4.74 Å². The summed E-state index contributed by atoms with van der Waals surface area (Å²) < 4.78 is 5.48. The lowest BCUT2D eigenvalue weighted by Crippen LogP contribution is -2.44. The summed E-state index contributed by atoms with van der Waals surface area (Å²) in [7, 11) is 0. The van der Waals surface area contributed by atoms with E-state index in [-0.39, 0.29) is 18.2 Å². The van der Waals surface area contributed by atoms with Gasteiger partial charge in [0.1, 0.15) is 5.75 Å². The number of nitro benzene ring substituents is 1. The van der Waals surface area contributed by atoms with Crippen molar-refractivity contribution in [1.82, 2.24) is 4.90 Å². The molecule has 6 heteroatoms. The van der Waals surface area contributed by atoms with E-state index in [1.165, 1.54) is 6.07 Å². The molecular weight excluding hydrogens is 248 g/mol. The topological polar surface area (TPSA) is 72.7 Å². The molecule has 0 saturated carbocycles. The molecule has 0 spiro atoms. The van der Waals surface area contributed by atoms with E-state index in [0.29, 0.717) is 11.3 Å². The Balaban J connectivity index is 2.12. The van der Waals surface area contributed by atoms with Crippen LogP contribution < -0.4 is 4.74 Å². The van der Waals surface area contributed by atoms with E-state index >= 15 is 0 Å². The fourth-order valence-corrected chi connectivity index (χ4v) is 2.03. The van der Waals surface area contributed by atoms with E-state index in [1.54, 1.807) is 24.8 Å². The second kappa shape index (κ2) is 5.26. The zero-order chi connectivity index (χ0) is 14.0. The molecule has 0 aliphatic carbocycles. The van der Waals surface area contributed by atoms with Crippen LogP contribution in [0.25, 0.3) is 0 Å². The molecular formula is C13H16N2O4. The van der Waals surface area contributed by atoms with Crippen molar-refractivity contribution in [2.45, 2.75) is 20.3 Å². The first kappa shape index (κ1) is 13.3. The second-order valence-electron chi connectivity index (χ2n) is 4.64. The number of carbonyl (C=O) groups is 1. The quantitative estimate of drug-likeness (QED) is 0.614. The van der Waals surface area contributed by atoms with Gasteiger partial charge >= 0.3 is 0 Å². The molecule has 19 heavy (non-hydrogen) atoms. The molecule has 1 aromatic carbocycles. The first-order valence-corrected chi connectivity index (χ1v) is 6.16. The van der Waals surface area contributed by atoms with Crippen LogP contribution in [0.15, 0.2) is 12.1 Å². The number of ether oxygens (including phenoxy) is 1. The molecule has 6 nitrogen and oxygen atoms in total. The maximum Gasteiger partial charge on any atom is 0.276 e. The van der Waals surface area contributed by atoms with Gasteiger partial charge in [0, 0.05) is 19.2 Å². The zero-order valence-electron chi connectivity index (χ0n) is 11.0. The predicted octanol–water partition coefficient (Wildman–Crippen LogP) is 1.82. The average molecular weight is 264 g/mol. The minimum absolute atomic E-state index is 0.0111. The van der Waals surface area contributed by atoms with E-state index in [9.17, 15) is 14.9 Å². The van der Waals surface area contributed by atoms with Crippen LogP contribution in [-0.2, 0) is 4.79 Å². The molecule has 0 N–H and O–H groups in total. The fourth-order valence-electron chi connectivity index (χ4n) is 2.03. The summed E-state index contributed by atoms with van der Waals surface area (Å²) in [4.78, 5) is 23.8. The molecule has 1 aromatic rings. The van der Waals surface area contributed by atoms with Gasteiger partial charge in [-0.3, -0.25) is 14.9 Å². The van der Waals surface area contributed by atoms with Crippen molar-refractivity contribution in [3.63, 3.8) is 0 Å². The minimum atomic E-state index is -0.446. The van der Waals surface area contributed by atoms with Crippen LogP contribution in [0, 0.1) is 24.0 Å². The first-order chi connectivity index (χ1) is 9.00. The highest BCUT2D eigenvalue weighted by molar-refractivity contribution is 5.78. The van der Waals surface area contributed by atoms with Gasteiger partial charge in [-0.1, -0.05) is 0 Å². The Morgan fingerprint density at radius 2 is 2.11 bits per heavy atom. The van der Waals surface area contributed by atoms with Gasteiger partial charge in [-0.25, -0.2) is 0 Å². The number of benzene rings is 1. The van der Waals surface area contributed by atoms with Crippen LogP contribution in [0.4, 0.5) is 5.69 Å². The molecule has 0 radical (unpaired) electrons. The van der Waals surface area contributed by atoms with E-state index in [0.717, 1.165) is 25.1 Å². The monoisotopic (exact) mass is 264 g/mol. The number of aryl methyl sites for hydroxylation is 1. The van der Waals surface area contributed by atoms with Gasteiger partial charge in [0.2, 0.25) is 0 Å². The van der Waals surface area contributed by atoms with Crippen molar-refractivity contribution in [1.29, 1.82) is 0 Å². The van der Waals surface area contributed by atoms with Gasteiger partial charge in [-0.2, -0.15) is 0 Å². The Bertz CT molecular complexity index is 524. The normalized spacial score (nSPS) is 13.9. The van der Waals surface area contributed by atoms with Crippen molar-refractivity contribution in [3.8, 4) is 5.75 Å². The number of rotatable bonds is 4. The molecule has 0 bridgehead atoms. The maximum atomic E-state index is 11.7. The first-order valence-electron chi connectivity index (χ1n) is 6.16. The van der Waals surface area contributed by atoms with Gasteiger partial charge in [-0.05, 0) is 31.9 Å². The summed E-state index contributed by atoms with van der Waals surface area (Å²) in [5.41, 5.74) is 1.26. The zero-order valence-corrected chi connectivity index (χ0v) is 11.0. The third-order valence-electron chi connectivity index (χ3n) is 3.32. The standard InChI is InChI=1S/C13H16N2O4/c1-9-4-5-11(15(17)18)10(2)13(9)19-8-12(16)14-6-3-7-14/h4-5H,3,6-8H2,1-2H3. The molecule has 1 heterocycles. The number of likely N-dealkylation sites (tertiary alicyclic amines) is 1. The number of hydrogen-bond donors (Lipinski definition) is 0. The Hall–Kier alpha value is -2.11. The van der Waals surface area contributed by atoms with Crippen molar-refractivity contribution in [2.75, 3.05) is 19.7 Å². The summed E-state index contributed by atoms with van der Waals surface area (Å²) in [6.07, 6.45) is 1.03. The number of carbonyl (C=O) groups excluding carboxylic acids is 1. The fraction of sp³-hybridized carbons (Fsp3) is 0.462. The second-order valence-corrected chi connectivity index (χ2v) is 4.64. The number of nitro groups is 1. The molecule has 102 valence electrons. The Kier molecular flexibility index (Phi) is 3.69. The van der Waals surface area contributed by atoms with Crippen molar-refractivity contribution >= 4 is 11.6 Å². The molecule has 1 aliphatic rings. The van der Waals surface area contributed by atoms with Gasteiger partial charge in [0.15, 0.2) is 6.61 Å². The van der Waals surface area contributed by atoms with Gasteiger partial charge in [0.05, 0.1) is 10.5 Å². The summed E-state index contributed by atoms with van der Waals surface area (Å²) in [6.45, 7) is 4.92. The van der Waals surface area contributed by atoms with Crippen molar-refractivity contribution < 1.29 is 14.5 Å². The number of nitrogens with zero attached hydrogens (tertiary/aromatic N) is 2. The lowest BCUT2D eigenvalue weighted by atomic mass is 10.1. The van der Waals surface area contributed by atoms with Gasteiger partial charge in [0.25, 0.3) is 11.6 Å². The highest BCUT2D eigenvalue weighted by Crippen LogP contribution is 2.30. The third kappa shape index (κ3) is 2.67. The van der Waals surface area contributed by atoms with Crippen LogP contribution in [0.1, 0.15) is 17.5 Å². The lowest BCUT2D eigenvalue weighted by Gasteiger charge is -2.30. The Morgan fingerprint density at radius 3 is 2.63 bits per heavy atom. The smallest absolute Gasteiger partial charge is 0.276 e. The third-order valence-corrected chi connectivity index (χ3v) is 3.32. The highest BCUT2D eigenvalue weighted by atomic mass is 16.6. The largest absolute Gasteiger partial charge is 0.483 e. The summed E-state index contributed by atoms with van der Waals surface area (Å²) in [5, 5.41) is 10.9. The van der Waals surface area contributed by atoms with Crippen LogP contribution in [0.3, 0.4) is 0 Å². The summed E-state index contributed by atoms with van der Waals surface area (Å²) in [6, 6.07) is 3.09.